The van der Waals surface area contributed by atoms with Crippen molar-refractivity contribution in [3.8, 4) is 0 Å². The fraction of sp³-hybridized carbons (Fsp3) is 0.730. The Balaban J connectivity index is 1.09. The summed E-state index contributed by atoms with van der Waals surface area (Å²) in [6.07, 6.45) is 8.09. The molecule has 10 heteroatoms. The average Bonchev–Trinajstić information content (AvgIpc) is 3.39. The molecule has 10 nitrogen and oxygen atoms in total. The second-order valence-electron chi connectivity index (χ2n) is 15.7. The minimum atomic E-state index is -1.18. The van der Waals surface area contributed by atoms with Crippen LogP contribution in [0.4, 0.5) is 0 Å². The van der Waals surface area contributed by atoms with Crippen molar-refractivity contribution in [3.63, 3.8) is 0 Å². The highest BCUT2D eigenvalue weighted by atomic mass is 16.4. The number of rotatable bonds is 12. The first-order valence-corrected chi connectivity index (χ1v) is 17.7. The first-order chi connectivity index (χ1) is 22.2. The molecule has 0 radical (unpaired) electrons. The predicted octanol–water partition coefficient (Wildman–Crippen LogP) is 4.76. The molecule has 0 bridgehead atoms. The lowest BCUT2D eigenvalue weighted by Gasteiger charge is -2.62. The summed E-state index contributed by atoms with van der Waals surface area (Å²) in [5.74, 6) is -0.563. The van der Waals surface area contributed by atoms with Crippen molar-refractivity contribution < 1.29 is 39.6 Å². The van der Waals surface area contributed by atoms with Gasteiger partial charge < -0.3 is 31.1 Å². The summed E-state index contributed by atoms with van der Waals surface area (Å²) in [6.45, 7) is 7.23. The van der Waals surface area contributed by atoms with Gasteiger partial charge in [-0.05, 0) is 128 Å². The van der Waals surface area contributed by atoms with E-state index in [-0.39, 0.29) is 78.1 Å². The molecule has 2 amide bonds. The van der Waals surface area contributed by atoms with Gasteiger partial charge in [0, 0.05) is 19.4 Å². The molecule has 4 aliphatic rings. The maximum Gasteiger partial charge on any atom is 0.335 e. The molecule has 1 aromatic carbocycles. The van der Waals surface area contributed by atoms with Gasteiger partial charge in [-0.3, -0.25) is 9.59 Å². The Morgan fingerprint density at radius 3 is 2.19 bits per heavy atom. The Morgan fingerprint density at radius 2 is 1.51 bits per heavy atom. The number of benzene rings is 1. The molecule has 4 fully saturated rings. The Labute approximate surface area is 278 Å². The summed E-state index contributed by atoms with van der Waals surface area (Å²) in [4.78, 5) is 48.2. The third kappa shape index (κ3) is 7.38. The number of carboxylic acids is 2. The van der Waals surface area contributed by atoms with Gasteiger partial charge in [0.1, 0.15) is 6.04 Å². The van der Waals surface area contributed by atoms with Crippen LogP contribution in [0.3, 0.4) is 0 Å². The molecular formula is C37H54N2O8. The number of aromatic carboxylic acids is 1. The van der Waals surface area contributed by atoms with E-state index in [2.05, 4.69) is 31.4 Å². The zero-order valence-electron chi connectivity index (χ0n) is 28.1. The number of carbonyl (C=O) groups excluding carboxylic acids is 2. The number of amides is 2. The number of carbonyl (C=O) groups is 4. The Morgan fingerprint density at radius 1 is 0.851 bits per heavy atom. The van der Waals surface area contributed by atoms with E-state index in [0.29, 0.717) is 30.1 Å². The molecule has 0 heterocycles. The van der Waals surface area contributed by atoms with Crippen molar-refractivity contribution in [2.75, 3.05) is 0 Å². The number of carboxylic acid groups (broad SMARTS) is 2. The van der Waals surface area contributed by atoms with Gasteiger partial charge in [0.25, 0.3) is 0 Å². The molecule has 5 rings (SSSR count). The summed E-state index contributed by atoms with van der Waals surface area (Å²) >= 11 is 0. The van der Waals surface area contributed by atoms with Gasteiger partial charge in [-0.25, -0.2) is 9.59 Å². The van der Waals surface area contributed by atoms with E-state index in [1.54, 1.807) is 12.1 Å². The second-order valence-corrected chi connectivity index (χ2v) is 15.7. The van der Waals surface area contributed by atoms with Crippen molar-refractivity contribution in [1.29, 1.82) is 0 Å². The van der Waals surface area contributed by atoms with E-state index >= 15 is 0 Å². The standard InChI is InChI=1S/C37H54N2O8/c1-21(4-12-32(43)39-29(35(46)47)11-13-31(42)38-20-22-5-7-23(8-6-22)34(44)45)26-9-10-27-33-28(15-17-37(26,27)3)36(2)16-14-25(40)18-24(36)19-30(33)41/h5-8,21,24-30,33,40-41H,4,9-20H2,1-3H3,(H,38,42)(H,39,43)(H,44,45)(H,46,47)/t21-,24-,25-,26-,27+,28+,29+,30-,33+,36+,37-/m1/s1. The fourth-order valence-electron chi connectivity index (χ4n) is 10.6. The van der Waals surface area contributed by atoms with Crippen molar-refractivity contribution in [2.45, 2.75) is 123 Å². The maximum atomic E-state index is 12.9. The van der Waals surface area contributed by atoms with E-state index in [4.69, 9.17) is 5.11 Å². The van der Waals surface area contributed by atoms with Gasteiger partial charge in [0.05, 0.1) is 17.8 Å². The highest BCUT2D eigenvalue weighted by molar-refractivity contribution is 5.87. The number of fused-ring (bicyclic) bond motifs is 5. The van der Waals surface area contributed by atoms with Crippen LogP contribution < -0.4 is 10.6 Å². The highest BCUT2D eigenvalue weighted by Crippen LogP contribution is 2.68. The smallest absolute Gasteiger partial charge is 0.335 e. The molecule has 6 N–H and O–H groups in total. The monoisotopic (exact) mass is 654 g/mol. The van der Waals surface area contributed by atoms with E-state index < -0.39 is 18.0 Å². The molecular weight excluding hydrogens is 600 g/mol. The van der Waals surface area contributed by atoms with Crippen LogP contribution in [0.15, 0.2) is 24.3 Å². The lowest BCUT2D eigenvalue weighted by Crippen LogP contribution is -2.58. The van der Waals surface area contributed by atoms with Crippen molar-refractivity contribution in [2.24, 2.45) is 46.3 Å². The third-order valence-electron chi connectivity index (χ3n) is 13.2. The van der Waals surface area contributed by atoms with E-state index in [9.17, 15) is 34.5 Å². The van der Waals surface area contributed by atoms with Gasteiger partial charge in [0.2, 0.25) is 11.8 Å². The normalized spacial score (nSPS) is 35.8. The molecule has 0 aliphatic heterocycles. The molecule has 0 spiro atoms. The van der Waals surface area contributed by atoms with Crippen LogP contribution in [-0.4, -0.2) is 62.4 Å². The number of hydrogen-bond donors (Lipinski definition) is 6. The van der Waals surface area contributed by atoms with Crippen molar-refractivity contribution >= 4 is 23.8 Å². The number of aliphatic carboxylic acids is 1. The van der Waals surface area contributed by atoms with Crippen LogP contribution >= 0.6 is 0 Å². The zero-order chi connectivity index (χ0) is 34.1. The molecule has 4 aliphatic carbocycles. The van der Waals surface area contributed by atoms with Crippen molar-refractivity contribution in [1.82, 2.24) is 10.6 Å². The van der Waals surface area contributed by atoms with Gasteiger partial charge in [-0.1, -0.05) is 32.9 Å². The minimum Gasteiger partial charge on any atom is -0.480 e. The Kier molecular flexibility index (Phi) is 10.7. The lowest BCUT2D eigenvalue weighted by molar-refractivity contribution is -0.174. The highest BCUT2D eigenvalue weighted by Gasteiger charge is 2.62. The first-order valence-electron chi connectivity index (χ1n) is 17.7. The van der Waals surface area contributed by atoms with Gasteiger partial charge in [-0.15, -0.1) is 0 Å². The van der Waals surface area contributed by atoms with Crippen LogP contribution in [0.25, 0.3) is 0 Å². The largest absolute Gasteiger partial charge is 0.480 e. The van der Waals surface area contributed by atoms with Crippen LogP contribution in [0, 0.1) is 46.3 Å². The molecule has 0 saturated heterocycles. The number of nitrogens with one attached hydrogen (secondary N) is 2. The number of aliphatic hydroxyl groups excluding tert-OH is 2. The molecule has 0 unspecified atom stereocenters. The Bertz CT molecular complexity index is 1320. The number of hydrogen-bond acceptors (Lipinski definition) is 6. The lowest BCUT2D eigenvalue weighted by atomic mass is 9.43. The summed E-state index contributed by atoms with van der Waals surface area (Å²) in [7, 11) is 0. The summed E-state index contributed by atoms with van der Waals surface area (Å²) in [6, 6.07) is 4.97. The fourth-order valence-corrected chi connectivity index (χ4v) is 10.6. The SMILES string of the molecule is C[C@H](CCC(=O)N[C@@H](CCC(=O)NCc1ccc(C(=O)O)cc1)C(=O)O)[C@H]1CC[C@H]2[C@@H]3[C@H](O)C[C@H]4C[C@H](O)CC[C@]4(C)[C@H]3CC[C@]12C. The van der Waals surface area contributed by atoms with Crippen LogP contribution in [0.5, 0.6) is 0 Å². The zero-order valence-corrected chi connectivity index (χ0v) is 28.1. The van der Waals surface area contributed by atoms with E-state index in [1.165, 1.54) is 12.1 Å². The molecule has 0 aromatic heterocycles. The average molecular weight is 655 g/mol. The van der Waals surface area contributed by atoms with Crippen LogP contribution in [0.2, 0.25) is 0 Å². The molecule has 1 aromatic rings. The molecule has 4 saturated carbocycles. The third-order valence-corrected chi connectivity index (χ3v) is 13.2. The summed E-state index contributed by atoms with van der Waals surface area (Å²) < 4.78 is 0. The van der Waals surface area contributed by atoms with Crippen LogP contribution in [0.1, 0.15) is 114 Å². The van der Waals surface area contributed by atoms with Gasteiger partial charge >= 0.3 is 11.9 Å². The molecule has 47 heavy (non-hydrogen) atoms. The molecule has 11 atom stereocenters. The van der Waals surface area contributed by atoms with E-state index in [0.717, 1.165) is 56.9 Å². The second kappa shape index (κ2) is 14.2. The van der Waals surface area contributed by atoms with Gasteiger partial charge in [-0.2, -0.15) is 0 Å². The topological polar surface area (TPSA) is 173 Å². The van der Waals surface area contributed by atoms with Gasteiger partial charge in [0.15, 0.2) is 0 Å². The van der Waals surface area contributed by atoms with E-state index in [1.807, 2.05) is 0 Å². The minimum absolute atomic E-state index is 0.0353. The maximum absolute atomic E-state index is 12.9. The van der Waals surface area contributed by atoms with Crippen molar-refractivity contribution in [3.05, 3.63) is 35.4 Å². The van der Waals surface area contributed by atoms with Crippen LogP contribution in [-0.2, 0) is 20.9 Å². The number of aliphatic hydroxyl groups is 2. The Hall–Kier alpha value is -2.98. The quantitative estimate of drug-likeness (QED) is 0.187. The summed E-state index contributed by atoms with van der Waals surface area (Å²) in [5, 5.41) is 45.9. The summed E-state index contributed by atoms with van der Waals surface area (Å²) in [5.41, 5.74) is 1.16. The first kappa shape index (κ1) is 35.3. The molecule has 260 valence electrons. The predicted molar refractivity (Wildman–Crippen MR) is 175 cm³/mol.